The Labute approximate surface area is 122 Å². The number of nitrogens with zero attached hydrogens (tertiary/aromatic N) is 4. The van der Waals surface area contributed by atoms with E-state index < -0.39 is 4.92 Å². The van der Waals surface area contributed by atoms with Crippen molar-refractivity contribution in [1.29, 1.82) is 5.26 Å². The van der Waals surface area contributed by atoms with Crippen molar-refractivity contribution in [2.24, 2.45) is 0 Å². The van der Waals surface area contributed by atoms with Gasteiger partial charge in [0.05, 0.1) is 4.92 Å². The first-order chi connectivity index (χ1) is 10.2. The van der Waals surface area contributed by atoms with Crippen molar-refractivity contribution in [3.63, 3.8) is 0 Å². The zero-order valence-corrected chi connectivity index (χ0v) is 11.7. The van der Waals surface area contributed by atoms with E-state index in [-0.39, 0.29) is 11.3 Å². The van der Waals surface area contributed by atoms with Crippen LogP contribution in [0.4, 0.5) is 11.4 Å². The Hall–Kier alpha value is -2.17. The summed E-state index contributed by atoms with van der Waals surface area (Å²) in [5, 5.41) is 23.1. The number of anilines is 1. The van der Waals surface area contributed by atoms with Crippen molar-refractivity contribution in [2.45, 2.75) is 6.04 Å². The molecule has 0 saturated carbocycles. The fourth-order valence-electron chi connectivity index (χ4n) is 3.05. The molecule has 0 unspecified atom stereocenters. The third kappa shape index (κ3) is 2.82. The van der Waals surface area contributed by atoms with Crippen LogP contribution in [-0.2, 0) is 0 Å². The average molecular weight is 287 g/mol. The van der Waals surface area contributed by atoms with E-state index in [9.17, 15) is 10.1 Å². The van der Waals surface area contributed by atoms with Gasteiger partial charge in [-0.05, 0) is 12.1 Å². The van der Waals surface area contributed by atoms with Gasteiger partial charge in [0.25, 0.3) is 5.69 Å². The van der Waals surface area contributed by atoms with Crippen LogP contribution in [0.3, 0.4) is 0 Å². The predicted molar refractivity (Wildman–Crippen MR) is 78.1 cm³/mol. The predicted octanol–water partition coefficient (Wildman–Crippen LogP) is 0.878. The lowest BCUT2D eigenvalue weighted by molar-refractivity contribution is -0.385. The molecule has 0 radical (unpaired) electrons. The maximum atomic E-state index is 10.8. The molecule has 1 aromatic carbocycles. The maximum Gasteiger partial charge on any atom is 0.287 e. The molecular formula is C14H17N5O2. The number of hydrogen-bond acceptors (Lipinski definition) is 6. The van der Waals surface area contributed by atoms with Crippen LogP contribution in [0.15, 0.2) is 18.2 Å². The third-order valence-electron chi connectivity index (χ3n) is 4.25. The topological polar surface area (TPSA) is 85.4 Å². The third-order valence-corrected chi connectivity index (χ3v) is 4.25. The summed E-state index contributed by atoms with van der Waals surface area (Å²) < 4.78 is 0. The molecule has 21 heavy (non-hydrogen) atoms. The Morgan fingerprint density at radius 3 is 2.71 bits per heavy atom. The fourth-order valence-corrected chi connectivity index (χ4v) is 3.05. The second-order valence-corrected chi connectivity index (χ2v) is 5.47. The number of piperazine rings is 3. The largest absolute Gasteiger partial charge is 0.383 e. The molecule has 0 spiro atoms. The molecule has 3 aliphatic heterocycles. The summed E-state index contributed by atoms with van der Waals surface area (Å²) >= 11 is 0. The zero-order valence-electron chi connectivity index (χ0n) is 11.7. The summed E-state index contributed by atoms with van der Waals surface area (Å²) in [6, 6.07) is 6.95. The molecule has 3 heterocycles. The Kier molecular flexibility index (Phi) is 3.73. The maximum absolute atomic E-state index is 10.8. The minimum atomic E-state index is -0.526. The monoisotopic (exact) mass is 287 g/mol. The van der Waals surface area contributed by atoms with Crippen molar-refractivity contribution in [3.8, 4) is 6.07 Å². The highest BCUT2D eigenvalue weighted by Crippen LogP contribution is 2.22. The van der Waals surface area contributed by atoms with Gasteiger partial charge in [-0.25, -0.2) is 0 Å². The SMILES string of the molecule is N#Cc1cc(NC[C@@H]2CN3CCN2CC3)ccc1[N+](=O)[O-]. The Bertz CT molecular complexity index is 590. The highest BCUT2D eigenvalue weighted by atomic mass is 16.6. The van der Waals surface area contributed by atoms with E-state index in [0.29, 0.717) is 6.04 Å². The molecule has 4 rings (SSSR count). The highest BCUT2D eigenvalue weighted by Gasteiger charge is 2.31. The van der Waals surface area contributed by atoms with Gasteiger partial charge in [-0.1, -0.05) is 0 Å². The number of nitrogens with one attached hydrogen (secondary N) is 1. The van der Waals surface area contributed by atoms with Crippen LogP contribution in [0.25, 0.3) is 0 Å². The van der Waals surface area contributed by atoms with Crippen LogP contribution >= 0.6 is 0 Å². The van der Waals surface area contributed by atoms with Crippen LogP contribution in [0, 0.1) is 21.4 Å². The standard InChI is InChI=1S/C14H17N5O2/c15-8-11-7-12(1-2-14(11)19(20)21)16-9-13-10-17-3-5-18(13)6-4-17/h1-2,7,13,16H,3-6,9-10H2/t13-/m1/s1. The highest BCUT2D eigenvalue weighted by molar-refractivity contribution is 5.58. The van der Waals surface area contributed by atoms with Gasteiger partial charge in [-0.3, -0.25) is 19.9 Å². The van der Waals surface area contributed by atoms with E-state index in [2.05, 4.69) is 15.1 Å². The first-order valence-corrected chi connectivity index (χ1v) is 7.06. The minimum Gasteiger partial charge on any atom is -0.383 e. The van der Waals surface area contributed by atoms with E-state index in [1.807, 2.05) is 6.07 Å². The number of nitro benzene ring substituents is 1. The molecule has 110 valence electrons. The van der Waals surface area contributed by atoms with E-state index in [1.165, 1.54) is 6.07 Å². The quantitative estimate of drug-likeness (QED) is 0.653. The van der Waals surface area contributed by atoms with Crippen LogP contribution in [0.2, 0.25) is 0 Å². The van der Waals surface area contributed by atoms with Crippen LogP contribution in [0.5, 0.6) is 0 Å². The number of fused-ring (bicyclic) bond motifs is 3. The smallest absolute Gasteiger partial charge is 0.287 e. The van der Waals surface area contributed by atoms with E-state index in [4.69, 9.17) is 5.26 Å². The van der Waals surface area contributed by atoms with Crippen molar-refractivity contribution < 1.29 is 4.92 Å². The first-order valence-electron chi connectivity index (χ1n) is 7.06. The van der Waals surface area contributed by atoms with Gasteiger partial charge < -0.3 is 5.32 Å². The van der Waals surface area contributed by atoms with E-state index in [0.717, 1.165) is 45.0 Å². The van der Waals surface area contributed by atoms with Gasteiger partial charge in [0, 0.05) is 57.1 Å². The van der Waals surface area contributed by atoms with Gasteiger partial charge in [-0.15, -0.1) is 0 Å². The first kappa shape index (κ1) is 13.8. The lowest BCUT2D eigenvalue weighted by atomic mass is 10.1. The van der Waals surface area contributed by atoms with Gasteiger partial charge in [0.15, 0.2) is 0 Å². The number of rotatable bonds is 4. The molecule has 7 nitrogen and oxygen atoms in total. The molecule has 0 aliphatic carbocycles. The average Bonchev–Trinajstić information content (AvgIpc) is 2.53. The van der Waals surface area contributed by atoms with Crippen molar-refractivity contribution in [1.82, 2.24) is 9.80 Å². The molecule has 3 aliphatic rings. The Balaban J connectivity index is 1.66. The summed E-state index contributed by atoms with van der Waals surface area (Å²) in [4.78, 5) is 15.2. The van der Waals surface area contributed by atoms with Crippen molar-refractivity contribution in [2.75, 3.05) is 44.6 Å². The zero-order chi connectivity index (χ0) is 14.8. The normalized spacial score (nSPS) is 27.1. The second-order valence-electron chi connectivity index (χ2n) is 5.47. The molecule has 1 atom stereocenters. The summed E-state index contributed by atoms with van der Waals surface area (Å²) in [5.41, 5.74) is 0.712. The molecule has 3 saturated heterocycles. The second kappa shape index (κ2) is 5.68. The Morgan fingerprint density at radius 2 is 2.14 bits per heavy atom. The van der Waals surface area contributed by atoms with Crippen LogP contribution in [0.1, 0.15) is 5.56 Å². The van der Waals surface area contributed by atoms with Crippen molar-refractivity contribution in [3.05, 3.63) is 33.9 Å². The summed E-state index contributed by atoms with van der Waals surface area (Å²) in [6.07, 6.45) is 0. The summed E-state index contributed by atoms with van der Waals surface area (Å²) in [6.45, 7) is 6.36. The molecule has 3 fully saturated rings. The van der Waals surface area contributed by atoms with Crippen LogP contribution < -0.4 is 5.32 Å². The molecule has 1 aromatic rings. The number of nitriles is 1. The molecule has 2 bridgehead atoms. The summed E-state index contributed by atoms with van der Waals surface area (Å²) in [7, 11) is 0. The van der Waals surface area contributed by atoms with Gasteiger partial charge >= 0.3 is 0 Å². The number of nitro groups is 1. The molecular weight excluding hydrogens is 270 g/mol. The summed E-state index contributed by atoms with van der Waals surface area (Å²) in [5.74, 6) is 0. The van der Waals surface area contributed by atoms with Crippen LogP contribution in [-0.4, -0.2) is 60.0 Å². The number of benzene rings is 1. The van der Waals surface area contributed by atoms with E-state index >= 15 is 0 Å². The minimum absolute atomic E-state index is 0.0965. The molecule has 0 amide bonds. The van der Waals surface area contributed by atoms with Gasteiger partial charge in [-0.2, -0.15) is 5.26 Å². The molecule has 1 N–H and O–H groups in total. The molecule has 0 aromatic heterocycles. The lowest BCUT2D eigenvalue weighted by Gasteiger charge is -2.47. The van der Waals surface area contributed by atoms with E-state index in [1.54, 1.807) is 12.1 Å². The fraction of sp³-hybridized carbons (Fsp3) is 0.500. The lowest BCUT2D eigenvalue weighted by Crippen LogP contribution is -2.62. The molecule has 7 heteroatoms. The Morgan fingerprint density at radius 1 is 1.38 bits per heavy atom. The van der Waals surface area contributed by atoms with Gasteiger partial charge in [0.2, 0.25) is 0 Å². The number of hydrogen-bond donors (Lipinski definition) is 1. The van der Waals surface area contributed by atoms with Gasteiger partial charge in [0.1, 0.15) is 11.6 Å². The van der Waals surface area contributed by atoms with Crippen molar-refractivity contribution >= 4 is 11.4 Å².